The average molecular weight is 340 g/mol. The van der Waals surface area contributed by atoms with Gasteiger partial charge < -0.3 is 5.32 Å². The van der Waals surface area contributed by atoms with Gasteiger partial charge in [0.2, 0.25) is 5.91 Å². The summed E-state index contributed by atoms with van der Waals surface area (Å²) in [5, 5.41) is 2.92. The molecule has 2 heterocycles. The Morgan fingerprint density at radius 1 is 1.40 bits per heavy atom. The molecule has 3 unspecified atom stereocenters. The van der Waals surface area contributed by atoms with Gasteiger partial charge in [0.25, 0.3) is 0 Å². The zero-order chi connectivity index (χ0) is 14.9. The van der Waals surface area contributed by atoms with Crippen molar-refractivity contribution in [1.82, 2.24) is 9.88 Å². The van der Waals surface area contributed by atoms with Crippen molar-refractivity contribution in [2.75, 3.05) is 5.32 Å². The van der Waals surface area contributed by atoms with Crippen LogP contribution in [0.25, 0.3) is 0 Å². The zero-order valence-corrected chi connectivity index (χ0v) is 14.1. The molecule has 1 N–H and O–H groups in total. The molecule has 2 rings (SSSR count). The van der Waals surface area contributed by atoms with Crippen LogP contribution in [-0.4, -0.2) is 33.9 Å². The van der Waals surface area contributed by atoms with Crippen molar-refractivity contribution in [2.24, 2.45) is 0 Å². The molecule has 1 aromatic heterocycles. The number of hydrogen-bond acceptors (Lipinski definition) is 3. The minimum atomic E-state index is -0.131. The maximum absolute atomic E-state index is 12.4. The molecule has 0 bridgehead atoms. The third-order valence-electron chi connectivity index (χ3n) is 4.12. The number of likely N-dealkylation sites (tertiary alicyclic amines) is 1. The second kappa shape index (κ2) is 6.22. The molecule has 1 fully saturated rings. The van der Waals surface area contributed by atoms with E-state index >= 15 is 0 Å². The molecular formula is C15H22BrN3O. The lowest BCUT2D eigenvalue weighted by molar-refractivity contribution is -0.121. The van der Waals surface area contributed by atoms with Crippen molar-refractivity contribution in [3.8, 4) is 0 Å². The lowest BCUT2D eigenvalue weighted by Gasteiger charge is -2.31. The molecule has 3 atom stereocenters. The largest absolute Gasteiger partial charge is 0.309 e. The molecular weight excluding hydrogens is 318 g/mol. The van der Waals surface area contributed by atoms with Crippen LogP contribution in [-0.2, 0) is 4.79 Å². The number of nitrogens with zero attached hydrogens (tertiary/aromatic N) is 2. The lowest BCUT2D eigenvalue weighted by Crippen LogP contribution is -2.47. The summed E-state index contributed by atoms with van der Waals surface area (Å²) in [5.74, 6) is 0.627. The van der Waals surface area contributed by atoms with Crippen LogP contribution in [0, 0.1) is 6.92 Å². The summed E-state index contributed by atoms with van der Waals surface area (Å²) in [6.07, 6.45) is 2.32. The predicted molar refractivity (Wildman–Crippen MR) is 84.8 cm³/mol. The van der Waals surface area contributed by atoms with E-state index in [1.807, 2.05) is 26.0 Å². The molecule has 0 spiro atoms. The summed E-state index contributed by atoms with van der Waals surface area (Å²) >= 11 is 3.41. The van der Waals surface area contributed by atoms with Crippen LogP contribution in [0.15, 0.2) is 16.6 Å². The Bertz CT molecular complexity index is 496. The van der Waals surface area contributed by atoms with E-state index in [1.54, 1.807) is 0 Å². The van der Waals surface area contributed by atoms with Gasteiger partial charge in [-0.1, -0.05) is 0 Å². The Kier molecular flexibility index (Phi) is 4.81. The maximum Gasteiger partial charge on any atom is 0.242 e. The molecule has 4 nitrogen and oxygen atoms in total. The van der Waals surface area contributed by atoms with E-state index in [-0.39, 0.29) is 11.9 Å². The number of amides is 1. The fraction of sp³-hybridized carbons (Fsp3) is 0.600. The van der Waals surface area contributed by atoms with E-state index < -0.39 is 0 Å². The van der Waals surface area contributed by atoms with Gasteiger partial charge in [-0.15, -0.1) is 0 Å². The summed E-state index contributed by atoms with van der Waals surface area (Å²) < 4.78 is 0.949. The van der Waals surface area contributed by atoms with E-state index in [4.69, 9.17) is 0 Å². The van der Waals surface area contributed by atoms with Gasteiger partial charge in [-0.05, 0) is 68.6 Å². The molecule has 1 aromatic rings. The summed E-state index contributed by atoms with van der Waals surface area (Å²) in [4.78, 5) is 19.0. The van der Waals surface area contributed by atoms with Crippen molar-refractivity contribution in [3.63, 3.8) is 0 Å². The lowest BCUT2D eigenvalue weighted by atomic mass is 10.2. The molecule has 20 heavy (non-hydrogen) atoms. The molecule has 1 saturated heterocycles. The summed E-state index contributed by atoms with van der Waals surface area (Å²) in [6.45, 7) is 8.26. The molecule has 1 amide bonds. The number of halogens is 1. The number of hydrogen-bond donors (Lipinski definition) is 1. The number of carbonyl (C=O) groups is 1. The number of nitrogens with one attached hydrogen (secondary N) is 1. The Morgan fingerprint density at radius 2 is 2.00 bits per heavy atom. The fourth-order valence-corrected chi connectivity index (χ4v) is 3.18. The quantitative estimate of drug-likeness (QED) is 0.918. The van der Waals surface area contributed by atoms with Gasteiger partial charge in [-0.3, -0.25) is 9.69 Å². The van der Waals surface area contributed by atoms with Crippen LogP contribution in [0.3, 0.4) is 0 Å². The zero-order valence-electron chi connectivity index (χ0n) is 12.5. The van der Waals surface area contributed by atoms with Crippen molar-refractivity contribution in [2.45, 2.75) is 58.7 Å². The van der Waals surface area contributed by atoms with Crippen LogP contribution >= 0.6 is 15.9 Å². The summed E-state index contributed by atoms with van der Waals surface area (Å²) in [5.41, 5.74) is 0.873. The summed E-state index contributed by atoms with van der Waals surface area (Å²) in [7, 11) is 0. The monoisotopic (exact) mass is 339 g/mol. The average Bonchev–Trinajstić information content (AvgIpc) is 2.72. The maximum atomic E-state index is 12.4. The topological polar surface area (TPSA) is 45.2 Å². The van der Waals surface area contributed by atoms with E-state index in [1.165, 1.54) is 0 Å². The van der Waals surface area contributed by atoms with E-state index in [0.717, 1.165) is 23.0 Å². The third-order valence-corrected chi connectivity index (χ3v) is 4.96. The van der Waals surface area contributed by atoms with Gasteiger partial charge in [-0.25, -0.2) is 4.98 Å². The first kappa shape index (κ1) is 15.4. The number of anilines is 1. The Labute approximate surface area is 129 Å². The molecule has 5 heteroatoms. The second-order valence-electron chi connectivity index (χ2n) is 5.65. The Balaban J connectivity index is 2.05. The van der Waals surface area contributed by atoms with Gasteiger partial charge in [-0.2, -0.15) is 0 Å². The smallest absolute Gasteiger partial charge is 0.242 e. The molecule has 110 valence electrons. The summed E-state index contributed by atoms with van der Waals surface area (Å²) in [6, 6.07) is 4.52. The van der Waals surface area contributed by atoms with Gasteiger partial charge in [0.15, 0.2) is 0 Å². The van der Waals surface area contributed by atoms with Crippen LogP contribution in [0.1, 0.15) is 39.3 Å². The molecule has 0 aliphatic carbocycles. The van der Waals surface area contributed by atoms with Crippen molar-refractivity contribution < 1.29 is 4.79 Å². The highest BCUT2D eigenvalue weighted by molar-refractivity contribution is 9.10. The van der Waals surface area contributed by atoms with Crippen LogP contribution < -0.4 is 5.32 Å². The van der Waals surface area contributed by atoms with Crippen LogP contribution in [0.5, 0.6) is 0 Å². The van der Waals surface area contributed by atoms with Crippen molar-refractivity contribution in [3.05, 3.63) is 22.3 Å². The Hall–Kier alpha value is -0.940. The van der Waals surface area contributed by atoms with Gasteiger partial charge >= 0.3 is 0 Å². The van der Waals surface area contributed by atoms with Crippen LogP contribution in [0.4, 0.5) is 5.82 Å². The van der Waals surface area contributed by atoms with Gasteiger partial charge in [0.1, 0.15) is 5.82 Å². The highest BCUT2D eigenvalue weighted by atomic mass is 79.9. The molecule has 0 aromatic carbocycles. The van der Waals surface area contributed by atoms with Crippen molar-refractivity contribution >= 4 is 27.7 Å². The van der Waals surface area contributed by atoms with E-state index in [2.05, 4.69) is 45.0 Å². The first-order valence-corrected chi connectivity index (χ1v) is 7.91. The highest BCUT2D eigenvalue weighted by Crippen LogP contribution is 2.26. The Morgan fingerprint density at radius 3 is 2.55 bits per heavy atom. The number of aryl methyl sites for hydroxylation is 1. The van der Waals surface area contributed by atoms with E-state index in [9.17, 15) is 4.79 Å². The molecule has 1 aliphatic rings. The predicted octanol–water partition coefficient (Wildman–Crippen LogP) is 3.35. The molecule has 0 radical (unpaired) electrons. The fourth-order valence-electron chi connectivity index (χ4n) is 2.96. The number of carbonyl (C=O) groups excluding carboxylic acids is 1. The number of pyridine rings is 1. The van der Waals surface area contributed by atoms with Crippen LogP contribution in [0.2, 0.25) is 0 Å². The SMILES string of the molecule is Cc1nc(NC(=O)C(C)N2C(C)CCC2C)ccc1Br. The first-order chi connectivity index (χ1) is 9.40. The second-order valence-corrected chi connectivity index (χ2v) is 6.51. The molecule has 1 aliphatic heterocycles. The minimum absolute atomic E-state index is 0.0137. The molecule has 0 saturated carbocycles. The van der Waals surface area contributed by atoms with Gasteiger partial charge in [0, 0.05) is 16.6 Å². The van der Waals surface area contributed by atoms with E-state index in [0.29, 0.717) is 17.9 Å². The number of aromatic nitrogens is 1. The standard InChI is InChI=1S/C15H22BrN3O/c1-9-5-6-10(2)19(9)12(4)15(20)18-14-8-7-13(16)11(3)17-14/h7-10,12H,5-6H2,1-4H3,(H,17,18,20). The minimum Gasteiger partial charge on any atom is -0.309 e. The van der Waals surface area contributed by atoms with Gasteiger partial charge in [0.05, 0.1) is 11.7 Å². The first-order valence-electron chi connectivity index (χ1n) is 7.11. The normalized spacial score (nSPS) is 24.6. The third kappa shape index (κ3) is 3.20. The highest BCUT2D eigenvalue weighted by Gasteiger charge is 2.34. The number of rotatable bonds is 3. The van der Waals surface area contributed by atoms with Crippen molar-refractivity contribution in [1.29, 1.82) is 0 Å².